The van der Waals surface area contributed by atoms with Gasteiger partial charge in [0.1, 0.15) is 0 Å². The van der Waals surface area contributed by atoms with E-state index in [0.29, 0.717) is 11.5 Å². The van der Waals surface area contributed by atoms with Crippen LogP contribution in [0.3, 0.4) is 0 Å². The van der Waals surface area contributed by atoms with Crippen molar-refractivity contribution in [2.24, 2.45) is 11.3 Å². The minimum absolute atomic E-state index is 0.0100. The Hall–Kier alpha value is -0.120. The SMILES string of the molecule is CCC(C)(C)C1CCC(NC(C)(CO)CO)CC1. The van der Waals surface area contributed by atoms with E-state index in [0.717, 1.165) is 18.8 Å². The molecular weight excluding hydrogens is 226 g/mol. The standard InChI is InChI=1S/C15H31NO2/c1-5-14(2,3)12-6-8-13(9-7-12)16-15(4,10-17)11-18/h12-13,16-18H,5-11H2,1-4H3. The molecule has 0 radical (unpaired) electrons. The van der Waals surface area contributed by atoms with Gasteiger partial charge in [0.2, 0.25) is 0 Å². The van der Waals surface area contributed by atoms with Gasteiger partial charge in [0, 0.05) is 6.04 Å². The third-order valence-corrected chi connectivity index (χ3v) is 4.99. The highest BCUT2D eigenvalue weighted by Gasteiger charge is 2.34. The van der Waals surface area contributed by atoms with Gasteiger partial charge in [-0.2, -0.15) is 0 Å². The first-order chi connectivity index (χ1) is 8.37. The highest BCUT2D eigenvalue weighted by molar-refractivity contribution is 4.90. The maximum Gasteiger partial charge on any atom is 0.0633 e. The minimum atomic E-state index is -0.530. The smallest absolute Gasteiger partial charge is 0.0633 e. The molecule has 3 N–H and O–H groups in total. The molecule has 18 heavy (non-hydrogen) atoms. The van der Waals surface area contributed by atoms with E-state index in [1.807, 2.05) is 6.92 Å². The molecule has 0 heterocycles. The summed E-state index contributed by atoms with van der Waals surface area (Å²) in [5.74, 6) is 0.815. The molecule has 0 unspecified atom stereocenters. The molecule has 3 heteroatoms. The Morgan fingerprint density at radius 2 is 1.50 bits per heavy atom. The van der Waals surface area contributed by atoms with E-state index in [-0.39, 0.29) is 13.2 Å². The van der Waals surface area contributed by atoms with Crippen molar-refractivity contribution in [2.75, 3.05) is 13.2 Å². The zero-order valence-electron chi connectivity index (χ0n) is 12.5. The van der Waals surface area contributed by atoms with Crippen LogP contribution in [0.5, 0.6) is 0 Å². The molecule has 0 amide bonds. The van der Waals surface area contributed by atoms with Crippen molar-refractivity contribution in [3.63, 3.8) is 0 Å². The molecule has 1 aliphatic rings. The molecule has 0 aliphatic heterocycles. The normalized spacial score (nSPS) is 26.3. The molecule has 108 valence electrons. The molecule has 1 rings (SSSR count). The Morgan fingerprint density at radius 1 is 1.00 bits per heavy atom. The van der Waals surface area contributed by atoms with Gasteiger partial charge in [-0.1, -0.05) is 27.2 Å². The van der Waals surface area contributed by atoms with Crippen molar-refractivity contribution in [2.45, 2.75) is 71.4 Å². The first-order valence-corrected chi connectivity index (χ1v) is 7.36. The van der Waals surface area contributed by atoms with Crippen LogP contribution in [0.25, 0.3) is 0 Å². The summed E-state index contributed by atoms with van der Waals surface area (Å²) < 4.78 is 0. The van der Waals surface area contributed by atoms with Gasteiger partial charge in [0.15, 0.2) is 0 Å². The van der Waals surface area contributed by atoms with Crippen LogP contribution in [0.15, 0.2) is 0 Å². The Morgan fingerprint density at radius 3 is 1.89 bits per heavy atom. The Bertz CT molecular complexity index is 241. The summed E-state index contributed by atoms with van der Waals surface area (Å²) in [5.41, 5.74) is -0.0833. The number of nitrogens with one attached hydrogen (secondary N) is 1. The minimum Gasteiger partial charge on any atom is -0.394 e. The van der Waals surface area contributed by atoms with Crippen LogP contribution in [0.2, 0.25) is 0 Å². The number of hydrogen-bond acceptors (Lipinski definition) is 3. The van der Waals surface area contributed by atoms with Crippen LogP contribution in [0.4, 0.5) is 0 Å². The highest BCUT2D eigenvalue weighted by Crippen LogP contribution is 2.40. The maximum atomic E-state index is 9.31. The predicted molar refractivity (Wildman–Crippen MR) is 75.5 cm³/mol. The van der Waals surface area contributed by atoms with E-state index < -0.39 is 5.54 Å². The van der Waals surface area contributed by atoms with Gasteiger partial charge in [-0.15, -0.1) is 0 Å². The fraction of sp³-hybridized carbons (Fsp3) is 1.00. The van der Waals surface area contributed by atoms with Gasteiger partial charge < -0.3 is 15.5 Å². The Balaban J connectivity index is 2.45. The average molecular weight is 257 g/mol. The van der Waals surface area contributed by atoms with Gasteiger partial charge in [-0.25, -0.2) is 0 Å². The summed E-state index contributed by atoms with van der Waals surface area (Å²) in [6.07, 6.45) is 6.06. The van der Waals surface area contributed by atoms with E-state index in [2.05, 4.69) is 26.1 Å². The summed E-state index contributed by atoms with van der Waals surface area (Å²) in [6, 6.07) is 0.443. The lowest BCUT2D eigenvalue weighted by Gasteiger charge is -2.41. The summed E-state index contributed by atoms with van der Waals surface area (Å²) in [4.78, 5) is 0. The van der Waals surface area contributed by atoms with Gasteiger partial charge in [0.25, 0.3) is 0 Å². The molecule has 0 aromatic heterocycles. The second-order valence-corrected chi connectivity index (χ2v) is 6.91. The van der Waals surface area contributed by atoms with Crippen molar-refractivity contribution in [1.29, 1.82) is 0 Å². The first kappa shape index (κ1) is 15.9. The third kappa shape index (κ3) is 3.94. The molecule has 0 aromatic carbocycles. The van der Waals surface area contributed by atoms with Gasteiger partial charge in [-0.05, 0) is 43.9 Å². The summed E-state index contributed by atoms with van der Waals surface area (Å²) in [5, 5.41) is 22.0. The average Bonchev–Trinajstić information content (AvgIpc) is 2.39. The summed E-state index contributed by atoms with van der Waals surface area (Å²) in [7, 11) is 0. The number of rotatable bonds is 6. The van der Waals surface area contributed by atoms with E-state index >= 15 is 0 Å². The van der Waals surface area contributed by atoms with E-state index in [9.17, 15) is 10.2 Å². The highest BCUT2D eigenvalue weighted by atomic mass is 16.3. The molecule has 1 saturated carbocycles. The van der Waals surface area contributed by atoms with Crippen molar-refractivity contribution in [3.05, 3.63) is 0 Å². The number of aliphatic hydroxyl groups excluding tert-OH is 2. The summed E-state index contributed by atoms with van der Waals surface area (Å²) in [6.45, 7) is 8.88. The number of aliphatic hydroxyl groups is 2. The molecule has 0 bridgehead atoms. The second-order valence-electron chi connectivity index (χ2n) is 6.91. The quantitative estimate of drug-likeness (QED) is 0.684. The zero-order chi connectivity index (χ0) is 13.8. The molecular formula is C15H31NO2. The van der Waals surface area contributed by atoms with Crippen LogP contribution in [-0.4, -0.2) is 35.0 Å². The second kappa shape index (κ2) is 6.36. The fourth-order valence-electron chi connectivity index (χ4n) is 2.94. The summed E-state index contributed by atoms with van der Waals surface area (Å²) >= 11 is 0. The largest absolute Gasteiger partial charge is 0.394 e. The zero-order valence-corrected chi connectivity index (χ0v) is 12.5. The topological polar surface area (TPSA) is 52.5 Å². The van der Waals surface area contributed by atoms with Crippen LogP contribution in [0.1, 0.15) is 59.8 Å². The lowest BCUT2D eigenvalue weighted by Crippen LogP contribution is -2.54. The molecule has 0 atom stereocenters. The van der Waals surface area contributed by atoms with Gasteiger partial charge >= 0.3 is 0 Å². The van der Waals surface area contributed by atoms with Crippen LogP contribution >= 0.6 is 0 Å². The molecule has 0 saturated heterocycles. The van der Waals surface area contributed by atoms with Crippen molar-refractivity contribution in [3.8, 4) is 0 Å². The van der Waals surface area contributed by atoms with Crippen LogP contribution in [0, 0.1) is 11.3 Å². The van der Waals surface area contributed by atoms with Crippen LogP contribution in [-0.2, 0) is 0 Å². The maximum absolute atomic E-state index is 9.31. The molecule has 0 spiro atoms. The molecule has 1 fully saturated rings. The van der Waals surface area contributed by atoms with E-state index in [4.69, 9.17) is 0 Å². The third-order valence-electron chi connectivity index (χ3n) is 4.99. The van der Waals surface area contributed by atoms with Crippen molar-refractivity contribution >= 4 is 0 Å². The Kier molecular flexibility index (Phi) is 5.63. The monoisotopic (exact) mass is 257 g/mol. The van der Waals surface area contributed by atoms with Crippen LogP contribution < -0.4 is 5.32 Å². The molecule has 3 nitrogen and oxygen atoms in total. The van der Waals surface area contributed by atoms with Crippen molar-refractivity contribution in [1.82, 2.24) is 5.32 Å². The predicted octanol–water partition coefficient (Wildman–Crippen LogP) is 2.31. The van der Waals surface area contributed by atoms with E-state index in [1.54, 1.807) is 0 Å². The lowest BCUT2D eigenvalue weighted by molar-refractivity contribution is 0.0737. The van der Waals surface area contributed by atoms with Gasteiger partial charge in [0.05, 0.1) is 18.8 Å². The number of hydrogen-bond donors (Lipinski definition) is 3. The Labute approximate surface area is 112 Å². The molecule has 0 aromatic rings. The lowest BCUT2D eigenvalue weighted by atomic mass is 9.68. The molecule has 1 aliphatic carbocycles. The van der Waals surface area contributed by atoms with Gasteiger partial charge in [-0.3, -0.25) is 0 Å². The van der Waals surface area contributed by atoms with Crippen molar-refractivity contribution < 1.29 is 10.2 Å². The fourth-order valence-corrected chi connectivity index (χ4v) is 2.94. The van der Waals surface area contributed by atoms with E-state index in [1.165, 1.54) is 19.3 Å². The first-order valence-electron chi connectivity index (χ1n) is 7.36.